The van der Waals surface area contributed by atoms with Crippen LogP contribution in [0.4, 0.5) is 29.3 Å². The lowest BCUT2D eigenvalue weighted by atomic mass is 9.65. The number of carbonyl (C=O) groups excluding carboxylic acids is 1. The second-order valence-electron chi connectivity index (χ2n) is 9.62. The van der Waals surface area contributed by atoms with Crippen LogP contribution in [0, 0.1) is 10.1 Å². The van der Waals surface area contributed by atoms with Gasteiger partial charge in [0, 0.05) is 23.6 Å². The molecule has 218 valence electrons. The van der Waals surface area contributed by atoms with Crippen molar-refractivity contribution >= 4 is 23.4 Å². The number of hydrogen-bond donors (Lipinski definition) is 3. The molecule has 11 nitrogen and oxygen atoms in total. The van der Waals surface area contributed by atoms with Gasteiger partial charge < -0.3 is 30.1 Å². The zero-order chi connectivity index (χ0) is 29.7. The minimum Gasteiger partial charge on any atom is -0.493 e. The van der Waals surface area contributed by atoms with Crippen molar-refractivity contribution in [1.29, 1.82) is 0 Å². The third-order valence-corrected chi connectivity index (χ3v) is 7.41. The first-order valence-electron chi connectivity index (χ1n) is 12.4. The molecule has 2 aromatic carbocycles. The van der Waals surface area contributed by atoms with E-state index in [0.717, 1.165) is 38.0 Å². The number of likely N-dealkylation sites (N-methyl/N-ethyl adjacent to an activating group) is 1. The molecule has 1 heterocycles. The number of aliphatic carboxylic acids is 1. The summed E-state index contributed by atoms with van der Waals surface area (Å²) in [5, 5.41) is 24.0. The van der Waals surface area contributed by atoms with Gasteiger partial charge in [-0.05, 0) is 63.0 Å². The Morgan fingerprint density at radius 1 is 1.12 bits per heavy atom. The van der Waals surface area contributed by atoms with Crippen molar-refractivity contribution < 1.29 is 42.3 Å². The molecular weight excluding hydrogens is 537 g/mol. The van der Waals surface area contributed by atoms with E-state index in [1.807, 2.05) is 6.07 Å². The molecule has 1 aliphatic carbocycles. The molecule has 0 unspecified atom stereocenters. The average Bonchev–Trinajstić information content (AvgIpc) is 3.25. The smallest absolute Gasteiger partial charge is 0.490 e. The molecule has 40 heavy (non-hydrogen) atoms. The molecule has 3 N–H and O–H groups in total. The van der Waals surface area contributed by atoms with Gasteiger partial charge >= 0.3 is 18.2 Å². The molecule has 0 bridgehead atoms. The summed E-state index contributed by atoms with van der Waals surface area (Å²) in [6.45, 7) is 0.980. The fraction of sp³-hybridized carbons (Fsp3) is 0.462. The Labute approximate surface area is 228 Å². The van der Waals surface area contributed by atoms with E-state index in [1.54, 1.807) is 26.4 Å². The third kappa shape index (κ3) is 6.73. The number of anilines is 1. The molecule has 2 fully saturated rings. The summed E-state index contributed by atoms with van der Waals surface area (Å²) >= 11 is 0. The number of amides is 2. The topological polar surface area (TPSA) is 143 Å². The zero-order valence-corrected chi connectivity index (χ0v) is 22.2. The Bertz CT molecular complexity index is 1240. The number of nitro groups is 1. The van der Waals surface area contributed by atoms with E-state index in [-0.39, 0.29) is 28.9 Å². The van der Waals surface area contributed by atoms with Gasteiger partial charge in [0.25, 0.3) is 5.69 Å². The van der Waals surface area contributed by atoms with Crippen LogP contribution < -0.4 is 20.1 Å². The van der Waals surface area contributed by atoms with E-state index < -0.39 is 23.1 Å². The van der Waals surface area contributed by atoms with Gasteiger partial charge in [0.1, 0.15) is 5.69 Å². The van der Waals surface area contributed by atoms with Crippen LogP contribution in [-0.2, 0) is 10.2 Å². The Morgan fingerprint density at radius 2 is 1.77 bits per heavy atom. The lowest BCUT2D eigenvalue weighted by Crippen LogP contribution is -2.52. The van der Waals surface area contributed by atoms with E-state index in [9.17, 15) is 28.1 Å². The first-order valence-corrected chi connectivity index (χ1v) is 12.4. The predicted octanol–water partition coefficient (Wildman–Crippen LogP) is 4.56. The van der Waals surface area contributed by atoms with Crippen LogP contribution in [0.1, 0.15) is 31.2 Å². The number of rotatable bonds is 6. The summed E-state index contributed by atoms with van der Waals surface area (Å²) in [6, 6.07) is 12.1. The predicted molar refractivity (Wildman–Crippen MR) is 139 cm³/mol. The van der Waals surface area contributed by atoms with Crippen LogP contribution >= 0.6 is 0 Å². The molecule has 1 aliphatic heterocycles. The van der Waals surface area contributed by atoms with Gasteiger partial charge in [0.05, 0.1) is 19.1 Å². The highest BCUT2D eigenvalue weighted by atomic mass is 19.4. The van der Waals surface area contributed by atoms with Crippen LogP contribution in [0.15, 0.2) is 42.5 Å². The number of para-hydroxylation sites is 2. The van der Waals surface area contributed by atoms with Crippen LogP contribution in [0.3, 0.4) is 0 Å². The molecule has 0 radical (unpaired) electrons. The number of nitrogens with one attached hydrogen (secondary N) is 2. The first-order chi connectivity index (χ1) is 18.8. The minimum absolute atomic E-state index is 0.0127. The average molecular weight is 569 g/mol. The van der Waals surface area contributed by atoms with Crippen molar-refractivity contribution in [3.8, 4) is 11.5 Å². The number of likely N-dealkylation sites (tertiary alicyclic amines) is 1. The van der Waals surface area contributed by atoms with Gasteiger partial charge in [-0.15, -0.1) is 0 Å². The Balaban J connectivity index is 0.000000559. The van der Waals surface area contributed by atoms with Gasteiger partial charge in [-0.3, -0.25) is 10.1 Å². The number of hydrogen-bond acceptors (Lipinski definition) is 7. The molecule has 0 spiro atoms. The van der Waals surface area contributed by atoms with Gasteiger partial charge in [-0.2, -0.15) is 13.2 Å². The third-order valence-electron chi connectivity index (χ3n) is 7.41. The van der Waals surface area contributed by atoms with Gasteiger partial charge in [0.2, 0.25) is 0 Å². The Morgan fingerprint density at radius 3 is 2.38 bits per heavy atom. The fourth-order valence-corrected chi connectivity index (χ4v) is 5.48. The van der Waals surface area contributed by atoms with Gasteiger partial charge in [0.15, 0.2) is 11.5 Å². The maximum atomic E-state index is 12.6. The molecule has 3 atom stereocenters. The molecule has 1 saturated heterocycles. The Hall–Kier alpha value is -4.07. The number of fused-ring (bicyclic) bond motifs is 1. The van der Waals surface area contributed by atoms with Crippen molar-refractivity contribution in [3.63, 3.8) is 0 Å². The maximum Gasteiger partial charge on any atom is 0.490 e. The normalized spacial score (nSPS) is 22.2. The number of benzene rings is 2. The van der Waals surface area contributed by atoms with Crippen LogP contribution in [0.2, 0.25) is 0 Å². The van der Waals surface area contributed by atoms with Gasteiger partial charge in [-0.25, -0.2) is 9.59 Å². The van der Waals surface area contributed by atoms with Crippen molar-refractivity contribution in [1.82, 2.24) is 10.2 Å². The summed E-state index contributed by atoms with van der Waals surface area (Å²) in [7, 11) is 5.41. The van der Waals surface area contributed by atoms with E-state index in [2.05, 4.69) is 34.7 Å². The molecular formula is C26H31F3N4O7. The molecule has 14 heteroatoms. The molecule has 0 aromatic heterocycles. The molecule has 4 rings (SSSR count). The standard InChI is InChI=1S/C24H30N4O5.C2HF3O2/c1-27-13-12-24(16-8-9-20(32-2)21(14-16)33-3)11-10-17(15-22(24)27)25-23(29)26-18-6-4-5-7-19(18)28(30)31;3-2(4,5)1(6)7/h4-9,14,17,22H,10-13,15H2,1-3H3,(H2,25,26,29);(H,6,7)/t17-,22+,24+;/m1./s1. The quantitative estimate of drug-likeness (QED) is 0.340. The number of nitrogens with zero attached hydrogens (tertiary/aromatic N) is 2. The lowest BCUT2D eigenvalue weighted by molar-refractivity contribution is -0.383. The summed E-state index contributed by atoms with van der Waals surface area (Å²) < 4.78 is 42.7. The monoisotopic (exact) mass is 568 g/mol. The first kappa shape index (κ1) is 30.5. The number of carbonyl (C=O) groups is 2. The molecule has 2 aromatic rings. The maximum absolute atomic E-state index is 12.6. The number of alkyl halides is 3. The summed E-state index contributed by atoms with van der Waals surface area (Å²) in [5.41, 5.74) is 1.28. The fourth-order valence-electron chi connectivity index (χ4n) is 5.48. The largest absolute Gasteiger partial charge is 0.493 e. The Kier molecular flexibility index (Phi) is 9.45. The molecule has 2 aliphatic rings. The van der Waals surface area contributed by atoms with Crippen molar-refractivity contribution in [3.05, 3.63) is 58.1 Å². The number of urea groups is 1. The van der Waals surface area contributed by atoms with Crippen molar-refractivity contribution in [2.24, 2.45) is 0 Å². The van der Waals surface area contributed by atoms with E-state index in [0.29, 0.717) is 5.75 Å². The highest BCUT2D eigenvalue weighted by molar-refractivity contribution is 5.91. The number of halogens is 3. The minimum atomic E-state index is -5.08. The highest BCUT2D eigenvalue weighted by Crippen LogP contribution is 2.49. The highest BCUT2D eigenvalue weighted by Gasteiger charge is 2.50. The van der Waals surface area contributed by atoms with E-state index in [1.165, 1.54) is 17.7 Å². The number of nitro benzene ring substituents is 1. The van der Waals surface area contributed by atoms with Gasteiger partial charge in [-0.1, -0.05) is 18.2 Å². The van der Waals surface area contributed by atoms with Crippen LogP contribution in [0.25, 0.3) is 0 Å². The zero-order valence-electron chi connectivity index (χ0n) is 22.2. The second kappa shape index (κ2) is 12.4. The number of carboxylic acids is 1. The van der Waals surface area contributed by atoms with Crippen LogP contribution in [0.5, 0.6) is 11.5 Å². The van der Waals surface area contributed by atoms with E-state index in [4.69, 9.17) is 19.4 Å². The summed E-state index contributed by atoms with van der Waals surface area (Å²) in [4.78, 5) is 34.6. The number of ether oxygens (including phenoxy) is 2. The molecule has 2 amide bonds. The van der Waals surface area contributed by atoms with Crippen molar-refractivity contribution in [2.75, 3.05) is 33.1 Å². The van der Waals surface area contributed by atoms with Crippen molar-refractivity contribution in [2.45, 2.75) is 49.4 Å². The number of carboxylic acid groups (broad SMARTS) is 1. The SMILES string of the molecule is COc1ccc([C@@]23CC[C@@H](NC(=O)Nc4ccccc4[N+](=O)[O-])C[C@@H]2N(C)CC3)cc1OC.O=C(O)C(F)(F)F. The summed E-state index contributed by atoms with van der Waals surface area (Å²) in [6.07, 6.45) is -1.50. The van der Waals surface area contributed by atoms with E-state index >= 15 is 0 Å². The lowest BCUT2D eigenvalue weighted by Gasteiger charge is -2.45. The number of methoxy groups -OCH3 is 2. The van der Waals surface area contributed by atoms with Crippen LogP contribution in [-0.4, -0.2) is 73.0 Å². The summed E-state index contributed by atoms with van der Waals surface area (Å²) in [5.74, 6) is -1.32. The molecule has 1 saturated carbocycles. The second-order valence-corrected chi connectivity index (χ2v) is 9.62.